The number of benzene rings is 1. The average Bonchev–Trinajstić information content (AvgIpc) is 2.68. The second-order valence-electron chi connectivity index (χ2n) is 5.78. The lowest BCUT2D eigenvalue weighted by molar-refractivity contribution is 0.313. The highest BCUT2D eigenvalue weighted by Gasteiger charge is 2.37. The van der Waals surface area contributed by atoms with E-state index in [1.165, 1.54) is 12.1 Å². The van der Waals surface area contributed by atoms with Gasteiger partial charge in [-0.1, -0.05) is 26.3 Å². The van der Waals surface area contributed by atoms with E-state index in [1.54, 1.807) is 6.07 Å². The fourth-order valence-corrected chi connectivity index (χ4v) is 4.24. The van der Waals surface area contributed by atoms with Crippen LogP contribution in [0.5, 0.6) is 0 Å². The number of rotatable bonds is 3. The highest BCUT2D eigenvalue weighted by molar-refractivity contribution is 7.89. The number of nitrogens with zero attached hydrogens (tertiary/aromatic N) is 1. The van der Waals surface area contributed by atoms with E-state index >= 15 is 0 Å². The van der Waals surface area contributed by atoms with Gasteiger partial charge in [0.15, 0.2) is 0 Å². The molecule has 1 atom stereocenters. The van der Waals surface area contributed by atoms with Gasteiger partial charge in [0, 0.05) is 6.04 Å². The molecule has 1 saturated carbocycles. The van der Waals surface area contributed by atoms with Crippen molar-refractivity contribution in [2.24, 2.45) is 5.41 Å². The molecule has 0 bridgehead atoms. The minimum absolute atomic E-state index is 0.132. The molecule has 1 aromatic rings. The van der Waals surface area contributed by atoms with E-state index in [9.17, 15) is 12.8 Å². The molecule has 108 valence electrons. The van der Waals surface area contributed by atoms with Gasteiger partial charge in [-0.15, -0.1) is 0 Å². The van der Waals surface area contributed by atoms with Crippen molar-refractivity contribution in [1.82, 2.24) is 4.72 Å². The van der Waals surface area contributed by atoms with Gasteiger partial charge < -0.3 is 0 Å². The lowest BCUT2D eigenvalue weighted by atomic mass is 9.88. The third-order valence-electron chi connectivity index (χ3n) is 3.93. The van der Waals surface area contributed by atoms with E-state index in [4.69, 9.17) is 5.26 Å². The number of nitrogens with one attached hydrogen (secondary N) is 1. The molecule has 1 aliphatic carbocycles. The van der Waals surface area contributed by atoms with Crippen molar-refractivity contribution in [3.05, 3.63) is 29.6 Å². The predicted molar refractivity (Wildman–Crippen MR) is 72.9 cm³/mol. The number of hydrogen-bond donors (Lipinski definition) is 1. The first-order chi connectivity index (χ1) is 9.28. The molecule has 0 heterocycles. The Morgan fingerprint density at radius 1 is 1.45 bits per heavy atom. The van der Waals surface area contributed by atoms with Crippen molar-refractivity contribution in [2.45, 2.75) is 44.0 Å². The van der Waals surface area contributed by atoms with Crippen molar-refractivity contribution in [3.8, 4) is 6.07 Å². The third-order valence-corrected chi connectivity index (χ3v) is 5.45. The summed E-state index contributed by atoms with van der Waals surface area (Å²) in [6.07, 6.45) is 2.65. The van der Waals surface area contributed by atoms with Gasteiger partial charge in [-0.25, -0.2) is 17.5 Å². The normalized spacial score (nSPS) is 21.6. The number of halogens is 1. The summed E-state index contributed by atoms with van der Waals surface area (Å²) in [5.41, 5.74) is -0.566. The van der Waals surface area contributed by atoms with E-state index in [0.29, 0.717) is 0 Å². The van der Waals surface area contributed by atoms with Crippen LogP contribution in [0.4, 0.5) is 4.39 Å². The van der Waals surface area contributed by atoms with Crippen molar-refractivity contribution in [2.75, 3.05) is 0 Å². The van der Waals surface area contributed by atoms with E-state index in [1.807, 2.05) is 13.8 Å². The molecule has 2 rings (SSSR count). The van der Waals surface area contributed by atoms with E-state index in [-0.39, 0.29) is 16.4 Å². The molecule has 1 aromatic carbocycles. The molecule has 20 heavy (non-hydrogen) atoms. The molecular formula is C14H17FN2O2S. The van der Waals surface area contributed by atoms with Crippen molar-refractivity contribution < 1.29 is 12.8 Å². The van der Waals surface area contributed by atoms with Crippen LogP contribution in [0.2, 0.25) is 0 Å². The van der Waals surface area contributed by atoms with E-state index in [0.717, 1.165) is 25.3 Å². The highest BCUT2D eigenvalue weighted by atomic mass is 32.2. The fraction of sp³-hybridized carbons (Fsp3) is 0.500. The van der Waals surface area contributed by atoms with Crippen LogP contribution in [0, 0.1) is 22.6 Å². The van der Waals surface area contributed by atoms with Gasteiger partial charge in [-0.3, -0.25) is 0 Å². The zero-order chi connectivity index (χ0) is 15.0. The Labute approximate surface area is 118 Å². The summed E-state index contributed by atoms with van der Waals surface area (Å²) >= 11 is 0. The molecule has 0 amide bonds. The number of sulfonamides is 1. The van der Waals surface area contributed by atoms with Crippen LogP contribution in [-0.2, 0) is 10.0 Å². The predicted octanol–water partition coefficient (Wildman–Crippen LogP) is 2.55. The second kappa shape index (κ2) is 5.15. The smallest absolute Gasteiger partial charge is 0.207 e. The van der Waals surface area contributed by atoms with Crippen molar-refractivity contribution >= 4 is 10.0 Å². The Balaban J connectivity index is 2.38. The molecule has 0 saturated heterocycles. The summed E-state index contributed by atoms with van der Waals surface area (Å²) in [5, 5.41) is 8.94. The summed E-state index contributed by atoms with van der Waals surface area (Å²) in [6, 6.07) is 5.06. The van der Waals surface area contributed by atoms with E-state index < -0.39 is 21.4 Å². The maximum atomic E-state index is 13.5. The lowest BCUT2D eigenvalue weighted by Gasteiger charge is -2.27. The fourth-order valence-electron chi connectivity index (χ4n) is 2.63. The molecule has 1 fully saturated rings. The zero-order valence-corrected chi connectivity index (χ0v) is 12.3. The molecule has 0 aliphatic heterocycles. The van der Waals surface area contributed by atoms with Crippen molar-refractivity contribution in [1.29, 1.82) is 5.26 Å². The van der Waals surface area contributed by atoms with Gasteiger partial charge in [-0.2, -0.15) is 5.26 Å². The average molecular weight is 296 g/mol. The quantitative estimate of drug-likeness (QED) is 0.932. The van der Waals surface area contributed by atoms with Crippen LogP contribution >= 0.6 is 0 Å². The monoisotopic (exact) mass is 296 g/mol. The van der Waals surface area contributed by atoms with Gasteiger partial charge in [-0.05, 0) is 30.4 Å². The van der Waals surface area contributed by atoms with Crippen LogP contribution in [0.3, 0.4) is 0 Å². The molecule has 0 aromatic heterocycles. The first-order valence-electron chi connectivity index (χ1n) is 6.49. The summed E-state index contributed by atoms with van der Waals surface area (Å²) in [6.45, 7) is 4.01. The van der Waals surface area contributed by atoms with Gasteiger partial charge in [0.2, 0.25) is 10.0 Å². The first-order valence-corrected chi connectivity index (χ1v) is 7.97. The number of hydrogen-bond acceptors (Lipinski definition) is 3. The molecule has 1 N–H and O–H groups in total. The molecule has 1 aliphatic rings. The Morgan fingerprint density at radius 3 is 2.70 bits per heavy atom. The Morgan fingerprint density at radius 2 is 2.15 bits per heavy atom. The number of nitriles is 1. The SMILES string of the molecule is CC1(C)CCCC1NS(=O)(=O)c1cccc(F)c1C#N. The largest absolute Gasteiger partial charge is 0.242 e. The van der Waals surface area contributed by atoms with Crippen LogP contribution in [-0.4, -0.2) is 14.5 Å². The standard InChI is InChI=1S/C14H17FN2O2S/c1-14(2)8-4-7-13(14)17-20(18,19)12-6-3-5-11(15)10(12)9-16/h3,5-6,13,17H,4,7-8H2,1-2H3. The highest BCUT2D eigenvalue weighted by Crippen LogP contribution is 2.38. The molecule has 0 radical (unpaired) electrons. The molecule has 6 heteroatoms. The zero-order valence-electron chi connectivity index (χ0n) is 11.5. The molecule has 4 nitrogen and oxygen atoms in total. The van der Waals surface area contributed by atoms with E-state index in [2.05, 4.69) is 4.72 Å². The summed E-state index contributed by atoms with van der Waals surface area (Å²) in [7, 11) is -3.89. The van der Waals surface area contributed by atoms with Gasteiger partial charge in [0.1, 0.15) is 22.3 Å². The van der Waals surface area contributed by atoms with Gasteiger partial charge in [0.25, 0.3) is 0 Å². The maximum absolute atomic E-state index is 13.5. The maximum Gasteiger partial charge on any atom is 0.242 e. The minimum Gasteiger partial charge on any atom is -0.207 e. The topological polar surface area (TPSA) is 70.0 Å². The Kier molecular flexibility index (Phi) is 3.85. The van der Waals surface area contributed by atoms with Gasteiger partial charge >= 0.3 is 0 Å². The summed E-state index contributed by atoms with van der Waals surface area (Å²) < 4.78 is 40.9. The molecular weight excluding hydrogens is 279 g/mol. The molecule has 0 spiro atoms. The summed E-state index contributed by atoms with van der Waals surface area (Å²) in [4.78, 5) is -0.289. The first kappa shape index (κ1) is 14.9. The Bertz CT molecular complexity index is 662. The van der Waals surface area contributed by atoms with Gasteiger partial charge in [0.05, 0.1) is 0 Å². The second-order valence-corrected chi connectivity index (χ2v) is 7.46. The van der Waals surface area contributed by atoms with Crippen molar-refractivity contribution in [3.63, 3.8) is 0 Å². The third kappa shape index (κ3) is 2.69. The van der Waals surface area contributed by atoms with Crippen LogP contribution < -0.4 is 4.72 Å². The molecule has 1 unspecified atom stereocenters. The van der Waals surface area contributed by atoms with Crippen LogP contribution in [0.15, 0.2) is 23.1 Å². The lowest BCUT2D eigenvalue weighted by Crippen LogP contribution is -2.41. The Hall–Kier alpha value is -1.45. The minimum atomic E-state index is -3.89. The van der Waals surface area contributed by atoms with Crippen LogP contribution in [0.1, 0.15) is 38.7 Å². The summed E-state index contributed by atoms with van der Waals surface area (Å²) in [5.74, 6) is -0.818. The van der Waals surface area contributed by atoms with Crippen LogP contribution in [0.25, 0.3) is 0 Å².